The molecule has 1 fully saturated rings. The number of amides is 1. The number of pyridine rings is 1. The van der Waals surface area contributed by atoms with Crippen LogP contribution in [-0.4, -0.2) is 79.5 Å². The van der Waals surface area contributed by atoms with Crippen LogP contribution in [0.5, 0.6) is 5.75 Å². The number of hydrogen-bond donors (Lipinski definition) is 4. The molecular formula is C35H46F4N6O4Si. The number of hydrogen-bond acceptors (Lipinski definition) is 8. The van der Waals surface area contributed by atoms with E-state index in [1.54, 1.807) is 18.3 Å². The number of rotatable bonds is 7. The molecule has 272 valence electrons. The van der Waals surface area contributed by atoms with Gasteiger partial charge in [-0.1, -0.05) is 26.8 Å². The number of anilines is 5. The number of carboxylic acid groups (broad SMARTS) is 1. The van der Waals surface area contributed by atoms with Crippen LogP contribution in [0.2, 0.25) is 18.1 Å². The number of aliphatic carboxylic acids is 1. The van der Waals surface area contributed by atoms with Gasteiger partial charge in [-0.3, -0.25) is 9.69 Å². The van der Waals surface area contributed by atoms with Crippen molar-refractivity contribution in [1.82, 2.24) is 14.8 Å². The first-order valence-electron chi connectivity index (χ1n) is 16.3. The Bertz CT molecular complexity index is 1720. The Morgan fingerprint density at radius 2 is 1.70 bits per heavy atom. The summed E-state index contributed by atoms with van der Waals surface area (Å²) in [6.07, 6.45) is -1.17. The van der Waals surface area contributed by atoms with Gasteiger partial charge in [0.2, 0.25) is 8.32 Å². The molecule has 2 aliphatic heterocycles. The number of carbonyl (C=O) groups excluding carboxylic acids is 1. The molecule has 0 radical (unpaired) electrons. The molecule has 0 unspecified atom stereocenters. The van der Waals surface area contributed by atoms with E-state index in [0.29, 0.717) is 34.5 Å². The maximum Gasteiger partial charge on any atom is 0.490 e. The van der Waals surface area contributed by atoms with Gasteiger partial charge < -0.3 is 30.4 Å². The van der Waals surface area contributed by atoms with E-state index < -0.39 is 26.3 Å². The highest BCUT2D eigenvalue weighted by Gasteiger charge is 2.40. The highest BCUT2D eigenvalue weighted by Crippen LogP contribution is 2.40. The summed E-state index contributed by atoms with van der Waals surface area (Å²) < 4.78 is 53.5. The maximum absolute atomic E-state index is 15.3. The highest BCUT2D eigenvalue weighted by atomic mass is 28.4. The summed E-state index contributed by atoms with van der Waals surface area (Å²) in [4.78, 5) is 31.8. The normalized spacial score (nSPS) is 15.5. The van der Waals surface area contributed by atoms with Crippen molar-refractivity contribution in [2.24, 2.45) is 0 Å². The van der Waals surface area contributed by atoms with Gasteiger partial charge in [0.05, 0.1) is 22.7 Å². The Kier molecular flexibility index (Phi) is 11.5. The van der Waals surface area contributed by atoms with Crippen molar-refractivity contribution < 1.29 is 36.7 Å². The molecule has 0 bridgehead atoms. The monoisotopic (exact) mass is 718 g/mol. The fraction of sp³-hybridized carbons (Fsp3) is 0.457. The SMILES string of the molecule is Cc1cc(F)c(Nc2ccnc3c2C(=O)Nc2cc(CN4CCC(N(C)C)CC4)ccc2N3)cc1O[Si](C)(C)C(C)(C)C.O=C(O)C(F)(F)F. The number of alkyl halides is 3. The van der Waals surface area contributed by atoms with E-state index >= 15 is 4.39 Å². The zero-order chi connectivity index (χ0) is 37.2. The second kappa shape index (κ2) is 15.0. The van der Waals surface area contributed by atoms with Gasteiger partial charge in [-0.15, -0.1) is 0 Å². The first-order valence-corrected chi connectivity index (χ1v) is 19.2. The maximum atomic E-state index is 15.3. The molecule has 0 saturated carbocycles. The lowest BCUT2D eigenvalue weighted by Gasteiger charge is -2.37. The second-order valence-electron chi connectivity index (χ2n) is 14.4. The average molecular weight is 719 g/mol. The van der Waals surface area contributed by atoms with Crippen LogP contribution in [0.4, 0.5) is 46.1 Å². The zero-order valence-electron chi connectivity index (χ0n) is 29.7. The number of nitrogens with zero attached hydrogens (tertiary/aromatic N) is 3. The third-order valence-electron chi connectivity index (χ3n) is 9.40. The van der Waals surface area contributed by atoms with E-state index in [4.69, 9.17) is 14.3 Å². The van der Waals surface area contributed by atoms with Gasteiger partial charge >= 0.3 is 12.1 Å². The molecule has 50 heavy (non-hydrogen) atoms. The van der Waals surface area contributed by atoms with Crippen LogP contribution in [0.15, 0.2) is 42.6 Å². The van der Waals surface area contributed by atoms with Crippen molar-refractivity contribution in [3.63, 3.8) is 0 Å². The lowest BCUT2D eigenvalue weighted by Crippen LogP contribution is -2.44. The van der Waals surface area contributed by atoms with Gasteiger partial charge in [-0.25, -0.2) is 14.2 Å². The Hall–Kier alpha value is -4.21. The van der Waals surface area contributed by atoms with Gasteiger partial charge in [0.1, 0.15) is 22.9 Å². The molecule has 10 nitrogen and oxygen atoms in total. The molecule has 4 N–H and O–H groups in total. The number of nitrogens with one attached hydrogen (secondary N) is 3. The van der Waals surface area contributed by atoms with Crippen molar-refractivity contribution >= 4 is 48.8 Å². The second-order valence-corrected chi connectivity index (χ2v) is 19.1. The van der Waals surface area contributed by atoms with Gasteiger partial charge in [0, 0.05) is 24.8 Å². The number of likely N-dealkylation sites (tertiary alicyclic amines) is 1. The molecule has 3 heterocycles. The lowest BCUT2D eigenvalue weighted by molar-refractivity contribution is -0.192. The molecule has 2 aliphatic rings. The minimum absolute atomic E-state index is 0.00854. The number of halogens is 4. The van der Waals surface area contributed by atoms with E-state index in [1.807, 2.05) is 19.1 Å². The van der Waals surface area contributed by atoms with E-state index in [9.17, 15) is 18.0 Å². The van der Waals surface area contributed by atoms with Crippen LogP contribution in [0.3, 0.4) is 0 Å². The number of aryl methyl sites for hydroxylation is 1. The molecule has 1 aromatic heterocycles. The van der Waals surface area contributed by atoms with Gasteiger partial charge in [-0.05, 0) is 100 Å². The minimum Gasteiger partial charge on any atom is -0.543 e. The fourth-order valence-electron chi connectivity index (χ4n) is 5.39. The Balaban J connectivity index is 0.000000727. The number of benzene rings is 2. The summed E-state index contributed by atoms with van der Waals surface area (Å²) in [5, 5.41) is 16.7. The van der Waals surface area contributed by atoms with E-state index in [2.05, 4.69) is 84.8 Å². The number of aromatic nitrogens is 1. The standard InChI is InChI=1S/C33H45FN6O2Si.C2HF3O2/c1-21-17-24(34)27(19-29(21)42-43(7,8)33(2,3)4)36-26-11-14-35-31-30(26)32(41)38-28-18-22(9-10-25(28)37-31)20-40-15-12-23(13-16-40)39(5)6;3-2(4,5)1(6)7/h9-11,14,17-19,23H,12-13,15-16,20H2,1-8H3,(H,38,41)(H2,35,36,37);(H,6,7). The van der Waals surface area contributed by atoms with Crippen LogP contribution >= 0.6 is 0 Å². The number of carboxylic acids is 1. The molecule has 1 saturated heterocycles. The average Bonchev–Trinajstić information content (AvgIpc) is 3.14. The smallest absolute Gasteiger partial charge is 0.490 e. The summed E-state index contributed by atoms with van der Waals surface area (Å²) in [6.45, 7) is 15.6. The minimum atomic E-state index is -5.08. The van der Waals surface area contributed by atoms with Crippen molar-refractivity contribution in [3.8, 4) is 5.75 Å². The summed E-state index contributed by atoms with van der Waals surface area (Å²) >= 11 is 0. The summed E-state index contributed by atoms with van der Waals surface area (Å²) in [5.74, 6) is -2.44. The van der Waals surface area contributed by atoms with Crippen LogP contribution in [0, 0.1) is 12.7 Å². The molecule has 0 spiro atoms. The molecule has 0 atom stereocenters. The third kappa shape index (κ3) is 9.31. The highest BCUT2D eigenvalue weighted by molar-refractivity contribution is 6.74. The predicted octanol–water partition coefficient (Wildman–Crippen LogP) is 8.13. The predicted molar refractivity (Wildman–Crippen MR) is 190 cm³/mol. The molecule has 5 rings (SSSR count). The summed E-state index contributed by atoms with van der Waals surface area (Å²) in [7, 11) is 2.14. The number of piperidine rings is 1. The first-order chi connectivity index (χ1) is 23.2. The van der Waals surface area contributed by atoms with Crippen LogP contribution in [0.1, 0.15) is 55.1 Å². The van der Waals surface area contributed by atoms with Gasteiger partial charge in [-0.2, -0.15) is 13.2 Å². The Morgan fingerprint density at radius 1 is 1.06 bits per heavy atom. The first kappa shape index (κ1) is 38.6. The van der Waals surface area contributed by atoms with E-state index in [1.165, 1.54) is 6.07 Å². The summed E-state index contributed by atoms with van der Waals surface area (Å²) in [5.41, 5.74) is 4.33. The molecular weight excluding hydrogens is 673 g/mol. The van der Waals surface area contributed by atoms with Crippen molar-refractivity contribution in [2.45, 2.75) is 77.4 Å². The number of fused-ring (bicyclic) bond motifs is 2. The lowest BCUT2D eigenvalue weighted by atomic mass is 10.0. The Labute approximate surface area is 291 Å². The largest absolute Gasteiger partial charge is 0.543 e. The fourth-order valence-corrected chi connectivity index (χ4v) is 6.46. The van der Waals surface area contributed by atoms with Crippen LogP contribution < -0.4 is 20.4 Å². The zero-order valence-corrected chi connectivity index (χ0v) is 30.7. The summed E-state index contributed by atoms with van der Waals surface area (Å²) in [6, 6.07) is 11.6. The molecule has 3 aromatic rings. The van der Waals surface area contributed by atoms with Crippen LogP contribution in [-0.2, 0) is 11.3 Å². The third-order valence-corrected chi connectivity index (χ3v) is 13.7. The molecule has 1 amide bonds. The van der Waals surface area contributed by atoms with E-state index in [-0.39, 0.29) is 16.6 Å². The number of carbonyl (C=O) groups is 2. The molecule has 15 heteroatoms. The Morgan fingerprint density at radius 3 is 2.28 bits per heavy atom. The van der Waals surface area contributed by atoms with Crippen molar-refractivity contribution in [2.75, 3.05) is 43.1 Å². The van der Waals surface area contributed by atoms with Crippen molar-refractivity contribution in [3.05, 3.63) is 65.1 Å². The van der Waals surface area contributed by atoms with Gasteiger partial charge in [0.15, 0.2) is 0 Å². The topological polar surface area (TPSA) is 119 Å². The quantitative estimate of drug-likeness (QED) is 0.142. The van der Waals surface area contributed by atoms with Gasteiger partial charge in [0.25, 0.3) is 5.91 Å². The van der Waals surface area contributed by atoms with Crippen LogP contribution in [0.25, 0.3) is 0 Å². The van der Waals surface area contributed by atoms with Crippen molar-refractivity contribution in [1.29, 1.82) is 0 Å². The molecule has 0 aliphatic carbocycles. The van der Waals surface area contributed by atoms with E-state index in [0.717, 1.165) is 49.3 Å². The molecule has 2 aromatic carbocycles.